The van der Waals surface area contributed by atoms with Gasteiger partial charge in [0.25, 0.3) is 0 Å². The van der Waals surface area contributed by atoms with E-state index in [2.05, 4.69) is 9.88 Å². The predicted octanol–water partition coefficient (Wildman–Crippen LogP) is 0.0884. The van der Waals surface area contributed by atoms with Gasteiger partial charge < -0.3 is 10.9 Å². The van der Waals surface area contributed by atoms with Gasteiger partial charge in [-0.1, -0.05) is 19.0 Å². The maximum absolute atomic E-state index is 11.3. The average molecular weight is 237 g/mol. The van der Waals surface area contributed by atoms with Crippen molar-refractivity contribution in [3.8, 4) is 0 Å². The molecule has 15 heavy (non-hydrogen) atoms. The van der Waals surface area contributed by atoms with E-state index in [1.807, 2.05) is 13.8 Å². The molecule has 7 heteroatoms. The van der Waals surface area contributed by atoms with Gasteiger partial charge in [-0.15, -0.1) is 0 Å². The maximum Gasteiger partial charge on any atom is 0.211 e. The number of hydrogen-bond acceptors (Lipinski definition) is 4. The molecule has 0 amide bonds. The van der Waals surface area contributed by atoms with Crippen molar-refractivity contribution in [2.24, 2.45) is 16.8 Å². The summed E-state index contributed by atoms with van der Waals surface area (Å²) >= 11 is 0. The minimum Gasteiger partial charge on any atom is -0.409 e. The Bertz CT molecular complexity index is 298. The number of nitrogens with one attached hydrogen (secondary N) is 1. The van der Waals surface area contributed by atoms with Gasteiger partial charge in [0.15, 0.2) is 0 Å². The molecule has 0 fully saturated rings. The zero-order valence-electron chi connectivity index (χ0n) is 9.10. The van der Waals surface area contributed by atoms with Crippen LogP contribution in [0.4, 0.5) is 0 Å². The van der Waals surface area contributed by atoms with E-state index in [4.69, 9.17) is 10.9 Å². The first-order valence-electron chi connectivity index (χ1n) is 4.81. The minimum atomic E-state index is -3.18. The monoisotopic (exact) mass is 237 g/mol. The Morgan fingerprint density at radius 3 is 2.60 bits per heavy atom. The van der Waals surface area contributed by atoms with Crippen LogP contribution in [0.25, 0.3) is 0 Å². The molecule has 0 atom stereocenters. The molecule has 0 aromatic carbocycles. The maximum atomic E-state index is 11.3. The zero-order valence-corrected chi connectivity index (χ0v) is 9.92. The fraction of sp³-hybridized carbons (Fsp3) is 0.875. The van der Waals surface area contributed by atoms with Crippen molar-refractivity contribution >= 4 is 15.9 Å². The zero-order chi connectivity index (χ0) is 11.9. The molecule has 90 valence electrons. The van der Waals surface area contributed by atoms with E-state index in [1.54, 1.807) is 0 Å². The van der Waals surface area contributed by atoms with E-state index in [1.165, 1.54) is 0 Å². The molecule has 0 saturated heterocycles. The highest BCUT2D eigenvalue weighted by molar-refractivity contribution is 7.89. The molecule has 0 aliphatic carbocycles. The van der Waals surface area contributed by atoms with E-state index >= 15 is 0 Å². The first-order valence-corrected chi connectivity index (χ1v) is 6.46. The summed E-state index contributed by atoms with van der Waals surface area (Å²) in [5.74, 6) is 0.334. The fourth-order valence-electron chi connectivity index (χ4n) is 1.04. The van der Waals surface area contributed by atoms with Crippen LogP contribution in [0.15, 0.2) is 5.16 Å². The van der Waals surface area contributed by atoms with Crippen molar-refractivity contribution in [3.05, 3.63) is 0 Å². The minimum absolute atomic E-state index is 0.103. The van der Waals surface area contributed by atoms with E-state index in [-0.39, 0.29) is 17.5 Å². The Hall–Kier alpha value is -0.820. The molecule has 0 radical (unpaired) electrons. The molecular formula is C8H19N3O3S. The number of sulfonamides is 1. The summed E-state index contributed by atoms with van der Waals surface area (Å²) in [6.07, 6.45) is 0.897. The molecule has 0 rings (SSSR count). The van der Waals surface area contributed by atoms with Crippen LogP contribution in [0.5, 0.6) is 0 Å². The molecule has 0 spiro atoms. The summed E-state index contributed by atoms with van der Waals surface area (Å²) in [4.78, 5) is 0. The first kappa shape index (κ1) is 14.2. The topological polar surface area (TPSA) is 105 Å². The number of hydrogen-bond donors (Lipinski definition) is 3. The van der Waals surface area contributed by atoms with Gasteiger partial charge in [-0.05, 0) is 12.3 Å². The standard InChI is InChI=1S/C8H19N3O3S/c1-7(2)6-15(13,14)10-5-3-4-8(9)11-12/h7,10,12H,3-6H2,1-2H3,(H2,9,11). The highest BCUT2D eigenvalue weighted by Gasteiger charge is 2.11. The van der Waals surface area contributed by atoms with Crippen molar-refractivity contribution in [1.29, 1.82) is 0 Å². The number of rotatable bonds is 7. The molecule has 6 nitrogen and oxygen atoms in total. The third-order valence-corrected chi connectivity index (χ3v) is 3.36. The summed E-state index contributed by atoms with van der Waals surface area (Å²) in [5.41, 5.74) is 5.23. The number of nitrogens with two attached hydrogens (primary N) is 1. The molecule has 0 aliphatic rings. The van der Waals surface area contributed by atoms with Crippen LogP contribution in [0.2, 0.25) is 0 Å². The molecule has 0 aromatic heterocycles. The molecule has 0 heterocycles. The van der Waals surface area contributed by atoms with Crippen molar-refractivity contribution < 1.29 is 13.6 Å². The Kier molecular flexibility index (Phi) is 6.26. The average Bonchev–Trinajstić information content (AvgIpc) is 2.10. The van der Waals surface area contributed by atoms with Gasteiger partial charge in [-0.3, -0.25) is 0 Å². The van der Waals surface area contributed by atoms with Crippen LogP contribution in [0.3, 0.4) is 0 Å². The lowest BCUT2D eigenvalue weighted by molar-refractivity contribution is 0.316. The smallest absolute Gasteiger partial charge is 0.211 e. The van der Waals surface area contributed by atoms with E-state index in [0.717, 1.165) is 0 Å². The van der Waals surface area contributed by atoms with Crippen LogP contribution in [0, 0.1) is 5.92 Å². The molecule has 0 aromatic rings. The second-order valence-electron chi connectivity index (χ2n) is 3.76. The van der Waals surface area contributed by atoms with Gasteiger partial charge in [0.2, 0.25) is 10.0 Å². The van der Waals surface area contributed by atoms with Crippen LogP contribution in [-0.2, 0) is 10.0 Å². The summed E-state index contributed by atoms with van der Waals surface area (Å²) in [6.45, 7) is 4.00. The van der Waals surface area contributed by atoms with Crippen molar-refractivity contribution in [1.82, 2.24) is 4.72 Å². The summed E-state index contributed by atoms with van der Waals surface area (Å²) < 4.78 is 25.1. The molecular weight excluding hydrogens is 218 g/mol. The van der Waals surface area contributed by atoms with Crippen molar-refractivity contribution in [2.45, 2.75) is 26.7 Å². The van der Waals surface area contributed by atoms with Crippen LogP contribution < -0.4 is 10.5 Å². The number of oxime groups is 1. The Labute approximate surface area is 90.6 Å². The lowest BCUT2D eigenvalue weighted by Gasteiger charge is -2.08. The Balaban J connectivity index is 3.77. The van der Waals surface area contributed by atoms with Crippen molar-refractivity contribution in [2.75, 3.05) is 12.3 Å². The molecule has 0 bridgehead atoms. The Morgan fingerprint density at radius 1 is 1.53 bits per heavy atom. The second kappa shape index (κ2) is 6.62. The van der Waals surface area contributed by atoms with Crippen LogP contribution in [0.1, 0.15) is 26.7 Å². The first-order chi connectivity index (χ1) is 6.87. The highest BCUT2D eigenvalue weighted by Crippen LogP contribution is 1.97. The third kappa shape index (κ3) is 8.19. The quantitative estimate of drug-likeness (QED) is 0.192. The second-order valence-corrected chi connectivity index (χ2v) is 5.62. The molecule has 0 saturated carbocycles. The lowest BCUT2D eigenvalue weighted by Crippen LogP contribution is -2.30. The van der Waals surface area contributed by atoms with E-state index < -0.39 is 10.0 Å². The lowest BCUT2D eigenvalue weighted by atomic mass is 10.3. The van der Waals surface area contributed by atoms with Gasteiger partial charge in [0.05, 0.1) is 5.75 Å². The summed E-state index contributed by atoms with van der Waals surface area (Å²) in [5, 5.41) is 11.0. The SMILES string of the molecule is CC(C)CS(=O)(=O)NCCCC(N)=NO. The molecule has 4 N–H and O–H groups in total. The largest absolute Gasteiger partial charge is 0.409 e. The Morgan fingerprint density at radius 2 is 2.13 bits per heavy atom. The summed E-state index contributed by atoms with van der Waals surface area (Å²) in [6, 6.07) is 0. The number of amidine groups is 1. The van der Waals surface area contributed by atoms with E-state index in [0.29, 0.717) is 19.4 Å². The predicted molar refractivity (Wildman–Crippen MR) is 59.3 cm³/mol. The van der Waals surface area contributed by atoms with Gasteiger partial charge in [0, 0.05) is 13.0 Å². The summed E-state index contributed by atoms with van der Waals surface area (Å²) in [7, 11) is -3.18. The van der Waals surface area contributed by atoms with Crippen molar-refractivity contribution in [3.63, 3.8) is 0 Å². The third-order valence-electron chi connectivity index (χ3n) is 1.61. The highest BCUT2D eigenvalue weighted by atomic mass is 32.2. The van der Waals surface area contributed by atoms with Gasteiger partial charge >= 0.3 is 0 Å². The van der Waals surface area contributed by atoms with Gasteiger partial charge in [-0.2, -0.15) is 0 Å². The molecule has 0 aliphatic heterocycles. The normalized spacial score (nSPS) is 13.4. The van der Waals surface area contributed by atoms with Gasteiger partial charge in [-0.25, -0.2) is 13.1 Å². The van der Waals surface area contributed by atoms with Crippen LogP contribution in [-0.4, -0.2) is 31.8 Å². The number of nitrogens with zero attached hydrogens (tertiary/aromatic N) is 1. The van der Waals surface area contributed by atoms with E-state index in [9.17, 15) is 8.42 Å². The fourth-order valence-corrected chi connectivity index (χ4v) is 2.50. The molecule has 0 unspecified atom stereocenters. The van der Waals surface area contributed by atoms with Gasteiger partial charge in [0.1, 0.15) is 5.84 Å². The van der Waals surface area contributed by atoms with Crippen LogP contribution >= 0.6 is 0 Å².